The normalized spacial score (nSPS) is 10.4. The van der Waals surface area contributed by atoms with E-state index >= 15 is 0 Å². The Morgan fingerprint density at radius 2 is 2.21 bits per heavy atom. The van der Waals surface area contributed by atoms with Crippen molar-refractivity contribution in [2.45, 2.75) is 17.7 Å². The van der Waals surface area contributed by atoms with Gasteiger partial charge in [0.2, 0.25) is 5.91 Å². The number of carbonyl (C=O) groups is 1. The lowest BCUT2D eigenvalue weighted by Crippen LogP contribution is -2.11. The molecule has 0 saturated heterocycles. The minimum atomic E-state index is 0.0398. The predicted octanol–water partition coefficient (Wildman–Crippen LogP) is 2.33. The highest BCUT2D eigenvalue weighted by Gasteiger charge is 2.03. The van der Waals surface area contributed by atoms with Gasteiger partial charge in [-0.15, -0.1) is 11.8 Å². The molecule has 0 fully saturated rings. The van der Waals surface area contributed by atoms with Gasteiger partial charge in [-0.1, -0.05) is 0 Å². The molecular formula is C13H16N4OS. The minimum absolute atomic E-state index is 0.0398. The van der Waals surface area contributed by atoms with E-state index in [1.807, 2.05) is 19.4 Å². The summed E-state index contributed by atoms with van der Waals surface area (Å²) in [5, 5.41) is 6.94. The Balaban J connectivity index is 1.64. The summed E-state index contributed by atoms with van der Waals surface area (Å²) < 4.78 is 1.78. The molecule has 2 heterocycles. The fourth-order valence-electron chi connectivity index (χ4n) is 1.55. The van der Waals surface area contributed by atoms with E-state index in [-0.39, 0.29) is 5.91 Å². The van der Waals surface area contributed by atoms with Gasteiger partial charge in [-0.05, 0) is 24.3 Å². The van der Waals surface area contributed by atoms with Gasteiger partial charge in [-0.3, -0.25) is 14.5 Å². The molecule has 0 aromatic carbocycles. The van der Waals surface area contributed by atoms with Crippen LogP contribution >= 0.6 is 11.8 Å². The van der Waals surface area contributed by atoms with E-state index < -0.39 is 0 Å². The van der Waals surface area contributed by atoms with E-state index in [1.54, 1.807) is 41.0 Å². The average Bonchev–Trinajstić information content (AvgIpc) is 2.82. The zero-order valence-electron chi connectivity index (χ0n) is 10.7. The van der Waals surface area contributed by atoms with Gasteiger partial charge in [-0.2, -0.15) is 5.10 Å². The van der Waals surface area contributed by atoms with Crippen molar-refractivity contribution in [2.75, 3.05) is 11.1 Å². The van der Waals surface area contributed by atoms with Crippen LogP contribution in [0.2, 0.25) is 0 Å². The number of nitrogens with zero attached hydrogens (tertiary/aromatic N) is 3. The largest absolute Gasteiger partial charge is 0.326 e. The van der Waals surface area contributed by atoms with Crippen molar-refractivity contribution >= 4 is 23.4 Å². The number of aryl methyl sites for hydroxylation is 1. The first-order chi connectivity index (χ1) is 9.24. The van der Waals surface area contributed by atoms with E-state index in [0.717, 1.165) is 22.8 Å². The fourth-order valence-corrected chi connectivity index (χ4v) is 2.43. The number of rotatable bonds is 6. The molecule has 2 aromatic rings. The lowest BCUT2D eigenvalue weighted by atomic mass is 10.3. The van der Waals surface area contributed by atoms with Crippen LogP contribution in [0.1, 0.15) is 12.8 Å². The van der Waals surface area contributed by atoms with Crippen LogP contribution in [0.4, 0.5) is 5.69 Å². The zero-order valence-corrected chi connectivity index (χ0v) is 11.6. The molecule has 19 heavy (non-hydrogen) atoms. The quantitative estimate of drug-likeness (QED) is 0.650. The van der Waals surface area contributed by atoms with Gasteiger partial charge in [0.1, 0.15) is 0 Å². The first kappa shape index (κ1) is 13.6. The number of carbonyl (C=O) groups excluding carboxylic acids is 1. The maximum Gasteiger partial charge on any atom is 0.224 e. The molecule has 0 aliphatic carbocycles. The first-order valence-electron chi connectivity index (χ1n) is 6.05. The van der Waals surface area contributed by atoms with Crippen LogP contribution in [-0.4, -0.2) is 26.4 Å². The second-order valence-corrected chi connectivity index (χ2v) is 5.25. The van der Waals surface area contributed by atoms with Gasteiger partial charge in [0.15, 0.2) is 0 Å². The van der Waals surface area contributed by atoms with Crippen molar-refractivity contribution in [3.05, 3.63) is 36.9 Å². The Labute approximate surface area is 116 Å². The van der Waals surface area contributed by atoms with E-state index in [2.05, 4.69) is 15.4 Å². The third-order valence-corrected chi connectivity index (χ3v) is 3.50. The molecule has 5 nitrogen and oxygen atoms in total. The van der Waals surface area contributed by atoms with E-state index in [0.29, 0.717) is 6.42 Å². The molecule has 2 aromatic heterocycles. The van der Waals surface area contributed by atoms with Crippen LogP contribution in [0.15, 0.2) is 41.8 Å². The Hall–Kier alpha value is -1.82. The van der Waals surface area contributed by atoms with Crippen LogP contribution in [0.25, 0.3) is 0 Å². The highest BCUT2D eigenvalue weighted by molar-refractivity contribution is 7.99. The molecule has 0 unspecified atom stereocenters. The van der Waals surface area contributed by atoms with Gasteiger partial charge in [-0.25, -0.2) is 0 Å². The summed E-state index contributed by atoms with van der Waals surface area (Å²) in [7, 11) is 1.90. The van der Waals surface area contributed by atoms with Crippen LogP contribution in [0.3, 0.4) is 0 Å². The molecule has 0 aliphatic heterocycles. The molecule has 2 rings (SSSR count). The van der Waals surface area contributed by atoms with Gasteiger partial charge < -0.3 is 5.32 Å². The summed E-state index contributed by atoms with van der Waals surface area (Å²) in [5.41, 5.74) is 0.792. The molecule has 0 atom stereocenters. The molecule has 0 aliphatic rings. The number of nitrogens with one attached hydrogen (secondary N) is 1. The second kappa shape index (κ2) is 6.94. The van der Waals surface area contributed by atoms with Crippen molar-refractivity contribution in [2.24, 2.45) is 7.05 Å². The number of anilines is 1. The second-order valence-electron chi connectivity index (χ2n) is 4.09. The fraction of sp³-hybridized carbons (Fsp3) is 0.308. The van der Waals surface area contributed by atoms with Gasteiger partial charge >= 0.3 is 0 Å². The van der Waals surface area contributed by atoms with Crippen molar-refractivity contribution in [3.63, 3.8) is 0 Å². The molecule has 6 heteroatoms. The minimum Gasteiger partial charge on any atom is -0.326 e. The number of hydrogen-bond acceptors (Lipinski definition) is 4. The lowest BCUT2D eigenvalue weighted by Gasteiger charge is -2.04. The Morgan fingerprint density at radius 3 is 2.89 bits per heavy atom. The molecule has 0 radical (unpaired) electrons. The van der Waals surface area contributed by atoms with E-state index in [9.17, 15) is 4.79 Å². The SMILES string of the molecule is Cn1cc(SCCCC(=O)Nc2ccncc2)cn1. The van der Waals surface area contributed by atoms with Crippen LogP contribution in [0, 0.1) is 0 Å². The predicted molar refractivity (Wildman–Crippen MR) is 76.0 cm³/mol. The monoisotopic (exact) mass is 276 g/mol. The van der Waals surface area contributed by atoms with Gasteiger partial charge in [0.25, 0.3) is 0 Å². The standard InChI is InChI=1S/C13H16N4OS/c1-17-10-12(9-15-17)19-8-2-3-13(18)16-11-4-6-14-7-5-11/h4-7,9-10H,2-3,8H2,1H3,(H,14,16,18). The molecule has 1 N–H and O–H groups in total. The topological polar surface area (TPSA) is 59.8 Å². The summed E-state index contributed by atoms with van der Waals surface area (Å²) >= 11 is 1.72. The summed E-state index contributed by atoms with van der Waals surface area (Å²) in [6.07, 6.45) is 8.50. The number of pyridine rings is 1. The van der Waals surface area contributed by atoms with E-state index in [1.165, 1.54) is 0 Å². The number of hydrogen-bond donors (Lipinski definition) is 1. The van der Waals surface area contributed by atoms with Crippen molar-refractivity contribution in [1.82, 2.24) is 14.8 Å². The smallest absolute Gasteiger partial charge is 0.224 e. The molecule has 0 spiro atoms. The Morgan fingerprint density at radius 1 is 1.42 bits per heavy atom. The Bertz CT molecular complexity index is 526. The zero-order chi connectivity index (χ0) is 13.5. The van der Waals surface area contributed by atoms with Crippen molar-refractivity contribution in [1.29, 1.82) is 0 Å². The molecular weight excluding hydrogens is 260 g/mol. The van der Waals surface area contributed by atoms with Crippen LogP contribution in [-0.2, 0) is 11.8 Å². The molecule has 1 amide bonds. The first-order valence-corrected chi connectivity index (χ1v) is 7.04. The number of amides is 1. The lowest BCUT2D eigenvalue weighted by molar-refractivity contribution is -0.116. The summed E-state index contributed by atoms with van der Waals surface area (Å²) in [4.78, 5) is 16.7. The maximum absolute atomic E-state index is 11.7. The van der Waals surface area contributed by atoms with Gasteiger partial charge in [0, 0.05) is 42.6 Å². The number of thioether (sulfide) groups is 1. The third-order valence-electron chi connectivity index (χ3n) is 2.46. The van der Waals surface area contributed by atoms with Crippen LogP contribution < -0.4 is 5.32 Å². The average molecular weight is 276 g/mol. The summed E-state index contributed by atoms with van der Waals surface area (Å²) in [6.45, 7) is 0. The summed E-state index contributed by atoms with van der Waals surface area (Å²) in [5.74, 6) is 0.952. The number of aromatic nitrogens is 3. The maximum atomic E-state index is 11.7. The summed E-state index contributed by atoms with van der Waals surface area (Å²) in [6, 6.07) is 3.56. The Kier molecular flexibility index (Phi) is 4.97. The highest BCUT2D eigenvalue weighted by atomic mass is 32.2. The van der Waals surface area contributed by atoms with Crippen molar-refractivity contribution < 1.29 is 4.79 Å². The molecule has 0 saturated carbocycles. The van der Waals surface area contributed by atoms with Crippen molar-refractivity contribution in [3.8, 4) is 0 Å². The highest BCUT2D eigenvalue weighted by Crippen LogP contribution is 2.18. The van der Waals surface area contributed by atoms with Crippen LogP contribution in [0.5, 0.6) is 0 Å². The molecule has 100 valence electrons. The van der Waals surface area contributed by atoms with Gasteiger partial charge in [0.05, 0.1) is 6.20 Å². The third kappa shape index (κ3) is 4.75. The molecule has 0 bridgehead atoms. The van der Waals surface area contributed by atoms with E-state index in [4.69, 9.17) is 0 Å².